The van der Waals surface area contributed by atoms with Crippen molar-refractivity contribution >= 4 is 17.7 Å². The number of nitriles is 1. The topological polar surface area (TPSA) is 71.8 Å². The van der Waals surface area contributed by atoms with E-state index < -0.39 is 29.3 Å². The monoisotopic (exact) mass is 398 g/mol. The fourth-order valence-corrected chi connectivity index (χ4v) is 3.17. The minimum Gasteiger partial charge on any atom is -0.488 e. The van der Waals surface area contributed by atoms with Gasteiger partial charge in [-0.3, -0.25) is 4.90 Å². The van der Waals surface area contributed by atoms with Crippen molar-refractivity contribution < 1.29 is 23.4 Å². The zero-order valence-electron chi connectivity index (χ0n) is 16.3. The molecule has 0 unspecified atom stereocenters. The predicted octanol–water partition coefficient (Wildman–Crippen LogP) is 4.49. The molecule has 0 N–H and O–H groups in total. The maximum absolute atomic E-state index is 14.1. The lowest BCUT2D eigenvalue weighted by Crippen LogP contribution is -2.52. The van der Waals surface area contributed by atoms with Crippen molar-refractivity contribution in [2.75, 3.05) is 6.61 Å². The van der Waals surface area contributed by atoms with Crippen LogP contribution in [0.5, 0.6) is 5.75 Å². The van der Waals surface area contributed by atoms with Gasteiger partial charge >= 0.3 is 6.09 Å². The molecule has 0 radical (unpaired) electrons. The van der Waals surface area contributed by atoms with Gasteiger partial charge in [-0.25, -0.2) is 9.18 Å². The van der Waals surface area contributed by atoms with E-state index in [0.29, 0.717) is 0 Å². The largest absolute Gasteiger partial charge is 0.488 e. The summed E-state index contributed by atoms with van der Waals surface area (Å²) in [5.41, 5.74) is -1.55. The molecule has 0 bridgehead atoms. The molecule has 1 aromatic rings. The molecule has 0 spiro atoms. The average Bonchev–Trinajstić information content (AvgIpc) is 2.74. The second-order valence-electron chi connectivity index (χ2n) is 7.87. The third-order valence-corrected chi connectivity index (χ3v) is 4.38. The van der Waals surface area contributed by atoms with E-state index in [1.165, 1.54) is 11.0 Å². The Labute approximate surface area is 163 Å². The minimum atomic E-state index is -0.906. The van der Waals surface area contributed by atoms with Crippen molar-refractivity contribution in [1.29, 1.82) is 5.26 Å². The van der Waals surface area contributed by atoms with Crippen LogP contribution in [0.15, 0.2) is 12.1 Å². The molecule has 0 aliphatic carbocycles. The normalized spacial score (nSPS) is 21.7. The molecule has 0 saturated carbocycles. The van der Waals surface area contributed by atoms with E-state index >= 15 is 0 Å². The third kappa shape index (κ3) is 4.82. The summed E-state index contributed by atoms with van der Waals surface area (Å²) in [6, 6.07) is 3.57. The molecule has 148 valence electrons. The molecule has 1 saturated heterocycles. The van der Waals surface area contributed by atoms with E-state index in [-0.39, 0.29) is 29.0 Å². The van der Waals surface area contributed by atoms with E-state index in [2.05, 4.69) is 0 Å². The maximum Gasteiger partial charge on any atom is 0.413 e. The summed E-state index contributed by atoms with van der Waals surface area (Å²) in [6.07, 6.45) is -0.895. The molecule has 8 heteroatoms. The van der Waals surface area contributed by atoms with Gasteiger partial charge in [-0.1, -0.05) is 11.6 Å². The molecular weight excluding hydrogens is 375 g/mol. The Morgan fingerprint density at radius 2 is 2.07 bits per heavy atom. The number of rotatable bonds is 3. The van der Waals surface area contributed by atoms with Gasteiger partial charge in [0.15, 0.2) is 11.6 Å². The first-order valence-electron chi connectivity index (χ1n) is 8.58. The number of carbonyl (C=O) groups is 1. The quantitative estimate of drug-likeness (QED) is 0.750. The number of halogens is 2. The number of hydrogen-bond donors (Lipinski definition) is 0. The lowest BCUT2D eigenvalue weighted by Gasteiger charge is -2.35. The summed E-state index contributed by atoms with van der Waals surface area (Å²) < 4.78 is 31.1. The second-order valence-corrected chi connectivity index (χ2v) is 8.28. The van der Waals surface area contributed by atoms with Crippen molar-refractivity contribution in [1.82, 2.24) is 4.90 Å². The van der Waals surface area contributed by atoms with Crippen LogP contribution in [0.25, 0.3) is 0 Å². The molecule has 6 nitrogen and oxygen atoms in total. The van der Waals surface area contributed by atoms with Gasteiger partial charge in [0.25, 0.3) is 0 Å². The van der Waals surface area contributed by atoms with Crippen LogP contribution in [-0.4, -0.2) is 41.1 Å². The molecule has 1 aliphatic heterocycles. The fourth-order valence-electron chi connectivity index (χ4n) is 2.98. The molecule has 2 rings (SSSR count). The van der Waals surface area contributed by atoms with Crippen LogP contribution in [0, 0.1) is 17.1 Å². The van der Waals surface area contributed by atoms with E-state index in [4.69, 9.17) is 31.1 Å². The number of ether oxygens (including phenoxy) is 3. The molecule has 1 fully saturated rings. The van der Waals surface area contributed by atoms with Crippen LogP contribution in [0.2, 0.25) is 5.02 Å². The van der Waals surface area contributed by atoms with Crippen LogP contribution in [0.3, 0.4) is 0 Å². The smallest absolute Gasteiger partial charge is 0.413 e. The number of hydrogen-bond acceptors (Lipinski definition) is 5. The highest BCUT2D eigenvalue weighted by Crippen LogP contribution is 2.34. The summed E-state index contributed by atoms with van der Waals surface area (Å²) in [6.45, 7) is 10.6. The van der Waals surface area contributed by atoms with E-state index in [9.17, 15) is 9.18 Å². The standard InChI is InChI=1S/C19H24ClFN2O4/c1-11-15(10-25-16-8-13(20)12(9-22)7-14(16)21)23(19(5,6)26-11)17(24)27-18(2,3)4/h7-8,11,15H,10H2,1-6H3/t11-,15-/m0/s1. The summed E-state index contributed by atoms with van der Waals surface area (Å²) in [7, 11) is 0. The van der Waals surface area contributed by atoms with Gasteiger partial charge in [0.1, 0.15) is 24.0 Å². The highest BCUT2D eigenvalue weighted by atomic mass is 35.5. The van der Waals surface area contributed by atoms with Crippen molar-refractivity contribution in [3.8, 4) is 11.8 Å². The molecule has 1 aromatic carbocycles. The zero-order valence-corrected chi connectivity index (χ0v) is 17.1. The number of benzene rings is 1. The Bertz CT molecular complexity index is 770. The first-order chi connectivity index (χ1) is 12.4. The van der Waals surface area contributed by atoms with Gasteiger partial charge < -0.3 is 14.2 Å². The lowest BCUT2D eigenvalue weighted by molar-refractivity contribution is -0.0760. The minimum absolute atomic E-state index is 0.0237. The van der Waals surface area contributed by atoms with Gasteiger partial charge in [0.2, 0.25) is 0 Å². The van der Waals surface area contributed by atoms with E-state index in [1.54, 1.807) is 40.7 Å². The number of nitrogens with zero attached hydrogens (tertiary/aromatic N) is 2. The Morgan fingerprint density at radius 1 is 1.44 bits per heavy atom. The van der Waals surface area contributed by atoms with Crippen LogP contribution < -0.4 is 4.74 Å². The van der Waals surface area contributed by atoms with Crippen molar-refractivity contribution in [3.05, 3.63) is 28.5 Å². The molecule has 1 amide bonds. The first-order valence-corrected chi connectivity index (χ1v) is 8.95. The van der Waals surface area contributed by atoms with Crippen molar-refractivity contribution in [3.63, 3.8) is 0 Å². The Kier molecular flexibility index (Phi) is 5.93. The summed E-state index contributed by atoms with van der Waals surface area (Å²) in [5, 5.41) is 8.99. The Hall–Kier alpha value is -2.04. The predicted molar refractivity (Wildman–Crippen MR) is 98.1 cm³/mol. The van der Waals surface area contributed by atoms with Gasteiger partial charge in [0, 0.05) is 6.07 Å². The lowest BCUT2D eigenvalue weighted by atomic mass is 10.1. The fraction of sp³-hybridized carbons (Fsp3) is 0.579. The summed E-state index contributed by atoms with van der Waals surface area (Å²) in [5.74, 6) is -0.800. The highest BCUT2D eigenvalue weighted by molar-refractivity contribution is 6.31. The third-order valence-electron chi connectivity index (χ3n) is 4.07. The number of amides is 1. The van der Waals surface area contributed by atoms with E-state index in [0.717, 1.165) is 6.07 Å². The highest BCUT2D eigenvalue weighted by Gasteiger charge is 2.50. The Morgan fingerprint density at radius 3 is 2.63 bits per heavy atom. The summed E-state index contributed by atoms with van der Waals surface area (Å²) >= 11 is 5.94. The molecule has 27 heavy (non-hydrogen) atoms. The SMILES string of the molecule is C[C@@H]1OC(C)(C)N(C(=O)OC(C)(C)C)[C@H]1COc1cc(Cl)c(C#N)cc1F. The summed E-state index contributed by atoms with van der Waals surface area (Å²) in [4.78, 5) is 14.1. The van der Waals surface area contributed by atoms with Crippen LogP contribution in [0.1, 0.15) is 47.1 Å². The zero-order chi connectivity index (χ0) is 20.6. The molecule has 0 aromatic heterocycles. The van der Waals surface area contributed by atoms with Gasteiger partial charge in [-0.15, -0.1) is 0 Å². The van der Waals surface area contributed by atoms with Crippen LogP contribution >= 0.6 is 11.6 Å². The molecule has 2 atom stereocenters. The molecular formula is C19H24ClFN2O4. The maximum atomic E-state index is 14.1. The van der Waals surface area contributed by atoms with Crippen LogP contribution in [-0.2, 0) is 9.47 Å². The second kappa shape index (κ2) is 7.53. The molecule has 1 heterocycles. The number of carbonyl (C=O) groups excluding carboxylic acids is 1. The van der Waals surface area contributed by atoms with Gasteiger partial charge in [-0.05, 0) is 47.6 Å². The first kappa shape index (κ1) is 21.3. The molecule has 1 aliphatic rings. The van der Waals surface area contributed by atoms with Crippen molar-refractivity contribution in [2.24, 2.45) is 0 Å². The Balaban J connectivity index is 2.22. The van der Waals surface area contributed by atoms with Gasteiger partial charge in [-0.2, -0.15) is 5.26 Å². The van der Waals surface area contributed by atoms with Crippen molar-refractivity contribution in [2.45, 2.75) is 65.0 Å². The van der Waals surface area contributed by atoms with E-state index in [1.807, 2.05) is 6.92 Å². The van der Waals surface area contributed by atoms with Crippen LogP contribution in [0.4, 0.5) is 9.18 Å². The average molecular weight is 399 g/mol. The van der Waals surface area contributed by atoms with Gasteiger partial charge in [0.05, 0.1) is 22.7 Å².